The summed E-state index contributed by atoms with van der Waals surface area (Å²) in [7, 11) is 0. The summed E-state index contributed by atoms with van der Waals surface area (Å²) in [5.74, 6) is 0.388. The minimum Gasteiger partial charge on any atom is -0.493 e. The molecule has 136 valence electrons. The summed E-state index contributed by atoms with van der Waals surface area (Å²) < 4.78 is 5.57. The number of rotatable bonds is 5. The van der Waals surface area contributed by atoms with E-state index >= 15 is 0 Å². The van der Waals surface area contributed by atoms with Gasteiger partial charge in [0.2, 0.25) is 0 Å². The lowest BCUT2D eigenvalue weighted by atomic mass is 10.2. The van der Waals surface area contributed by atoms with Crippen molar-refractivity contribution in [2.45, 2.75) is 13.8 Å². The number of hydrogen-bond acceptors (Lipinski definition) is 4. The van der Waals surface area contributed by atoms with Gasteiger partial charge in [-0.15, -0.1) is 0 Å². The van der Waals surface area contributed by atoms with Gasteiger partial charge < -0.3 is 4.74 Å². The predicted molar refractivity (Wildman–Crippen MR) is 104 cm³/mol. The van der Waals surface area contributed by atoms with E-state index in [1.807, 2.05) is 6.07 Å². The second kappa shape index (κ2) is 9.53. The van der Waals surface area contributed by atoms with Crippen LogP contribution >= 0.6 is 12.2 Å². The van der Waals surface area contributed by atoms with Gasteiger partial charge in [-0.3, -0.25) is 25.8 Å². The van der Waals surface area contributed by atoms with Gasteiger partial charge in [-0.2, -0.15) is 0 Å². The van der Waals surface area contributed by atoms with E-state index < -0.39 is 0 Å². The Labute approximate surface area is 157 Å². The number of carbonyl (C=O) groups excluding carboxylic acids is 2. The van der Waals surface area contributed by atoms with E-state index in [9.17, 15) is 9.59 Å². The Bertz CT molecular complexity index is 761. The van der Waals surface area contributed by atoms with Crippen LogP contribution in [0.2, 0.25) is 0 Å². The number of thiocarbonyl (C=S) groups is 1. The first kappa shape index (κ1) is 19.4. The first-order valence-corrected chi connectivity index (χ1v) is 8.56. The fraction of sp³-hybridized carbons (Fsp3) is 0.211. The van der Waals surface area contributed by atoms with Crippen LogP contribution in [0.5, 0.6) is 5.75 Å². The van der Waals surface area contributed by atoms with Crippen LogP contribution in [-0.2, 0) is 0 Å². The second-order valence-corrected chi connectivity index (χ2v) is 6.37. The molecule has 0 aliphatic heterocycles. The first-order chi connectivity index (χ1) is 12.5. The molecule has 7 heteroatoms. The summed E-state index contributed by atoms with van der Waals surface area (Å²) in [5.41, 5.74) is 5.84. The van der Waals surface area contributed by atoms with Crippen LogP contribution in [0.1, 0.15) is 34.6 Å². The molecule has 0 fully saturated rings. The Morgan fingerprint density at radius 1 is 0.923 bits per heavy atom. The van der Waals surface area contributed by atoms with Crippen molar-refractivity contribution >= 4 is 29.1 Å². The minimum absolute atomic E-state index is 0.000541. The van der Waals surface area contributed by atoms with Crippen LogP contribution in [0, 0.1) is 5.92 Å². The fourth-order valence-corrected chi connectivity index (χ4v) is 2.09. The number of benzene rings is 2. The van der Waals surface area contributed by atoms with Crippen LogP contribution in [0.3, 0.4) is 0 Å². The van der Waals surface area contributed by atoms with E-state index in [1.54, 1.807) is 48.5 Å². The number of amides is 2. The Kier molecular flexibility index (Phi) is 7.11. The highest BCUT2D eigenvalue weighted by Gasteiger charge is 2.09. The molecule has 0 atom stereocenters. The summed E-state index contributed by atoms with van der Waals surface area (Å²) >= 11 is 5.01. The summed E-state index contributed by atoms with van der Waals surface area (Å²) in [5, 5.41) is 2.50. The summed E-state index contributed by atoms with van der Waals surface area (Å²) in [6, 6.07) is 15.4. The van der Waals surface area contributed by atoms with E-state index in [0.717, 1.165) is 0 Å². The van der Waals surface area contributed by atoms with Crippen LogP contribution in [-0.4, -0.2) is 23.5 Å². The number of carbonyl (C=O) groups is 2. The molecule has 0 aliphatic carbocycles. The molecular weight excluding hydrogens is 350 g/mol. The van der Waals surface area contributed by atoms with E-state index in [0.29, 0.717) is 29.4 Å². The Morgan fingerprint density at radius 2 is 1.54 bits per heavy atom. The zero-order chi connectivity index (χ0) is 18.9. The van der Waals surface area contributed by atoms with Crippen molar-refractivity contribution in [3.8, 4) is 5.75 Å². The average molecular weight is 371 g/mol. The quantitative estimate of drug-likeness (QED) is 0.556. The lowest BCUT2D eigenvalue weighted by Crippen LogP contribution is -2.48. The van der Waals surface area contributed by atoms with Gasteiger partial charge in [0, 0.05) is 11.1 Å². The molecule has 2 rings (SSSR count). The molecule has 26 heavy (non-hydrogen) atoms. The number of nitrogens with one attached hydrogen (secondary N) is 3. The van der Waals surface area contributed by atoms with Crippen LogP contribution in [0.15, 0.2) is 54.6 Å². The van der Waals surface area contributed by atoms with Crippen molar-refractivity contribution in [1.82, 2.24) is 16.2 Å². The fourth-order valence-electron chi connectivity index (χ4n) is 1.95. The molecule has 2 aromatic carbocycles. The molecule has 0 saturated heterocycles. The molecule has 3 N–H and O–H groups in total. The van der Waals surface area contributed by atoms with Crippen molar-refractivity contribution in [3.05, 3.63) is 65.7 Å². The van der Waals surface area contributed by atoms with Gasteiger partial charge in [-0.1, -0.05) is 32.0 Å². The van der Waals surface area contributed by atoms with E-state index in [2.05, 4.69) is 30.0 Å². The highest BCUT2D eigenvalue weighted by Crippen LogP contribution is 2.13. The smallest absolute Gasteiger partial charge is 0.269 e. The molecule has 0 aliphatic rings. The summed E-state index contributed by atoms with van der Waals surface area (Å²) in [4.78, 5) is 24.0. The van der Waals surface area contributed by atoms with Gasteiger partial charge in [0.15, 0.2) is 5.11 Å². The van der Waals surface area contributed by atoms with Gasteiger partial charge in [0.05, 0.1) is 6.61 Å². The van der Waals surface area contributed by atoms with Crippen molar-refractivity contribution in [2.75, 3.05) is 6.61 Å². The number of hydrazine groups is 1. The molecule has 0 aromatic heterocycles. The first-order valence-electron chi connectivity index (χ1n) is 8.15. The molecule has 0 spiro atoms. The average Bonchev–Trinajstić information content (AvgIpc) is 2.65. The van der Waals surface area contributed by atoms with Crippen LogP contribution < -0.4 is 20.9 Å². The van der Waals surface area contributed by atoms with Gasteiger partial charge >= 0.3 is 0 Å². The third kappa shape index (κ3) is 6.18. The van der Waals surface area contributed by atoms with Crippen LogP contribution in [0.25, 0.3) is 0 Å². The van der Waals surface area contributed by atoms with E-state index in [1.165, 1.54) is 0 Å². The van der Waals surface area contributed by atoms with Crippen molar-refractivity contribution in [2.24, 2.45) is 5.92 Å². The van der Waals surface area contributed by atoms with Crippen molar-refractivity contribution in [3.63, 3.8) is 0 Å². The minimum atomic E-state index is -0.383. The van der Waals surface area contributed by atoms with E-state index in [-0.39, 0.29) is 16.9 Å². The van der Waals surface area contributed by atoms with Crippen LogP contribution in [0.4, 0.5) is 0 Å². The van der Waals surface area contributed by atoms with Gasteiger partial charge in [-0.05, 0) is 54.5 Å². The predicted octanol–water partition coefficient (Wildman–Crippen LogP) is 2.67. The molecular formula is C19H21N3O3S. The molecule has 0 heterocycles. The topological polar surface area (TPSA) is 79.5 Å². The zero-order valence-corrected chi connectivity index (χ0v) is 15.4. The van der Waals surface area contributed by atoms with Crippen molar-refractivity contribution in [1.29, 1.82) is 0 Å². The monoisotopic (exact) mass is 371 g/mol. The maximum absolute atomic E-state index is 12.2. The lowest BCUT2D eigenvalue weighted by molar-refractivity contribution is 0.0934. The summed E-state index contributed by atoms with van der Waals surface area (Å²) in [6.45, 7) is 4.74. The Morgan fingerprint density at radius 3 is 2.15 bits per heavy atom. The van der Waals surface area contributed by atoms with Gasteiger partial charge in [0.1, 0.15) is 5.75 Å². The standard InChI is InChI=1S/C19H21N3O3S/c1-13(2)12-25-16-10-8-15(9-11-16)17(23)20-19(26)22-21-18(24)14-6-4-3-5-7-14/h3-11,13H,12H2,1-2H3,(H,21,24)(H2,20,22,23,26). The number of hydrogen-bond donors (Lipinski definition) is 3. The highest BCUT2D eigenvalue weighted by molar-refractivity contribution is 7.80. The highest BCUT2D eigenvalue weighted by atomic mass is 32.1. The molecule has 0 bridgehead atoms. The van der Waals surface area contributed by atoms with Crippen molar-refractivity contribution < 1.29 is 14.3 Å². The lowest BCUT2D eigenvalue weighted by Gasteiger charge is -2.11. The molecule has 2 amide bonds. The molecule has 0 saturated carbocycles. The normalized spacial score (nSPS) is 10.1. The number of ether oxygens (including phenoxy) is 1. The summed E-state index contributed by atoms with van der Waals surface area (Å²) in [6.07, 6.45) is 0. The van der Waals surface area contributed by atoms with Gasteiger partial charge in [0.25, 0.3) is 11.8 Å². The van der Waals surface area contributed by atoms with Gasteiger partial charge in [-0.25, -0.2) is 0 Å². The Hall–Kier alpha value is -2.93. The molecule has 6 nitrogen and oxygen atoms in total. The maximum atomic E-state index is 12.2. The SMILES string of the molecule is CC(C)COc1ccc(C(=O)NC(=S)NNC(=O)c2ccccc2)cc1. The second-order valence-electron chi connectivity index (χ2n) is 5.96. The third-order valence-corrected chi connectivity index (χ3v) is 3.46. The largest absolute Gasteiger partial charge is 0.493 e. The third-order valence-electron chi connectivity index (χ3n) is 3.25. The van der Waals surface area contributed by atoms with E-state index in [4.69, 9.17) is 17.0 Å². The zero-order valence-electron chi connectivity index (χ0n) is 14.6. The molecule has 2 aromatic rings. The Balaban J connectivity index is 1.81. The maximum Gasteiger partial charge on any atom is 0.269 e. The molecule has 0 unspecified atom stereocenters. The molecule has 0 radical (unpaired) electrons.